The maximum atomic E-state index is 9.20. The third kappa shape index (κ3) is 2.36. The number of aliphatic hydroxyl groups excluding tert-OH is 1. The standard InChI is InChI=1S/C13H17NOS/c1-13(2,9-15)8-14-11-7-16-12-6-4-3-5-10(11)12/h3-7,14-15H,8-9H2,1-2H3. The molecular formula is C13H17NOS. The second-order valence-electron chi connectivity index (χ2n) is 4.82. The molecular weight excluding hydrogens is 218 g/mol. The molecule has 0 atom stereocenters. The van der Waals surface area contributed by atoms with E-state index in [0.717, 1.165) is 6.54 Å². The number of rotatable bonds is 4. The van der Waals surface area contributed by atoms with E-state index in [2.05, 4.69) is 48.8 Å². The zero-order valence-corrected chi connectivity index (χ0v) is 10.5. The summed E-state index contributed by atoms with van der Waals surface area (Å²) in [5.41, 5.74) is 1.09. The van der Waals surface area contributed by atoms with Gasteiger partial charge in [0.25, 0.3) is 0 Å². The quantitative estimate of drug-likeness (QED) is 0.852. The van der Waals surface area contributed by atoms with E-state index in [1.807, 2.05) is 0 Å². The topological polar surface area (TPSA) is 32.3 Å². The van der Waals surface area contributed by atoms with Crippen molar-refractivity contribution in [1.82, 2.24) is 0 Å². The number of anilines is 1. The molecule has 1 heterocycles. The van der Waals surface area contributed by atoms with Gasteiger partial charge in [0.1, 0.15) is 0 Å². The van der Waals surface area contributed by atoms with Crippen LogP contribution in [0.4, 0.5) is 5.69 Å². The highest BCUT2D eigenvalue weighted by molar-refractivity contribution is 7.17. The van der Waals surface area contributed by atoms with E-state index in [0.29, 0.717) is 0 Å². The van der Waals surface area contributed by atoms with Gasteiger partial charge >= 0.3 is 0 Å². The van der Waals surface area contributed by atoms with E-state index in [1.54, 1.807) is 11.3 Å². The SMILES string of the molecule is CC(C)(CO)CNc1csc2ccccc12. The molecule has 0 fully saturated rings. The summed E-state index contributed by atoms with van der Waals surface area (Å²) in [4.78, 5) is 0. The Hall–Kier alpha value is -1.06. The van der Waals surface area contributed by atoms with Gasteiger partial charge < -0.3 is 10.4 Å². The molecule has 0 bridgehead atoms. The first kappa shape index (κ1) is 11.4. The van der Waals surface area contributed by atoms with Gasteiger partial charge in [0.2, 0.25) is 0 Å². The van der Waals surface area contributed by atoms with Crippen LogP contribution in [0.2, 0.25) is 0 Å². The van der Waals surface area contributed by atoms with Gasteiger partial charge in [-0.05, 0) is 6.07 Å². The summed E-state index contributed by atoms with van der Waals surface area (Å²) in [6.45, 7) is 5.08. The Labute approximate surface area is 99.9 Å². The molecule has 2 nitrogen and oxygen atoms in total. The van der Waals surface area contributed by atoms with Gasteiger partial charge in [-0.3, -0.25) is 0 Å². The fourth-order valence-electron chi connectivity index (χ4n) is 1.51. The Kier molecular flexibility index (Phi) is 3.17. The van der Waals surface area contributed by atoms with Crippen molar-refractivity contribution in [3.05, 3.63) is 29.6 Å². The number of aliphatic hydroxyl groups is 1. The van der Waals surface area contributed by atoms with Crippen molar-refractivity contribution in [2.45, 2.75) is 13.8 Å². The van der Waals surface area contributed by atoms with E-state index in [-0.39, 0.29) is 12.0 Å². The second kappa shape index (κ2) is 4.44. The van der Waals surface area contributed by atoms with Crippen LogP contribution in [0.1, 0.15) is 13.8 Å². The fraction of sp³-hybridized carbons (Fsp3) is 0.385. The Morgan fingerprint density at radius 1 is 1.31 bits per heavy atom. The van der Waals surface area contributed by atoms with E-state index >= 15 is 0 Å². The van der Waals surface area contributed by atoms with Gasteiger partial charge in [0.05, 0.1) is 5.69 Å². The number of thiophene rings is 1. The molecule has 0 radical (unpaired) electrons. The fourth-order valence-corrected chi connectivity index (χ4v) is 2.42. The summed E-state index contributed by atoms with van der Waals surface area (Å²) < 4.78 is 1.30. The lowest BCUT2D eigenvalue weighted by Gasteiger charge is -2.22. The lowest BCUT2D eigenvalue weighted by molar-refractivity contribution is 0.171. The molecule has 0 spiro atoms. The summed E-state index contributed by atoms with van der Waals surface area (Å²) in [6.07, 6.45) is 0. The van der Waals surface area contributed by atoms with Crippen molar-refractivity contribution in [2.24, 2.45) is 5.41 Å². The van der Waals surface area contributed by atoms with E-state index in [9.17, 15) is 5.11 Å². The van der Waals surface area contributed by atoms with Crippen LogP contribution in [0.15, 0.2) is 29.6 Å². The third-order valence-corrected chi connectivity index (χ3v) is 3.63. The minimum Gasteiger partial charge on any atom is -0.396 e. The van der Waals surface area contributed by atoms with E-state index in [1.165, 1.54) is 15.8 Å². The molecule has 0 aliphatic rings. The molecule has 2 N–H and O–H groups in total. The summed E-state index contributed by atoms with van der Waals surface area (Å²) in [5.74, 6) is 0. The highest BCUT2D eigenvalue weighted by atomic mass is 32.1. The zero-order chi connectivity index (χ0) is 11.6. The van der Waals surface area contributed by atoms with Gasteiger partial charge in [-0.15, -0.1) is 11.3 Å². The van der Waals surface area contributed by atoms with Gasteiger partial charge in [0.15, 0.2) is 0 Å². The molecule has 0 unspecified atom stereocenters. The Morgan fingerprint density at radius 2 is 2.06 bits per heavy atom. The van der Waals surface area contributed by atoms with Crippen molar-refractivity contribution < 1.29 is 5.11 Å². The van der Waals surface area contributed by atoms with Crippen molar-refractivity contribution in [3.63, 3.8) is 0 Å². The lowest BCUT2D eigenvalue weighted by atomic mass is 9.95. The summed E-state index contributed by atoms with van der Waals surface area (Å²) in [5, 5.41) is 16.0. The normalized spacial score (nSPS) is 11.9. The van der Waals surface area contributed by atoms with Gasteiger partial charge in [-0.1, -0.05) is 32.0 Å². The van der Waals surface area contributed by atoms with Crippen LogP contribution in [0, 0.1) is 5.41 Å². The van der Waals surface area contributed by atoms with Crippen molar-refractivity contribution in [3.8, 4) is 0 Å². The average Bonchev–Trinajstić information content (AvgIpc) is 2.70. The lowest BCUT2D eigenvalue weighted by Crippen LogP contribution is -2.26. The van der Waals surface area contributed by atoms with Crippen LogP contribution in [0.3, 0.4) is 0 Å². The molecule has 3 heteroatoms. The second-order valence-corrected chi connectivity index (χ2v) is 5.73. The molecule has 2 aromatic rings. The Morgan fingerprint density at radius 3 is 2.81 bits per heavy atom. The molecule has 0 amide bonds. The molecule has 86 valence electrons. The van der Waals surface area contributed by atoms with Gasteiger partial charge in [0, 0.05) is 34.0 Å². The smallest absolute Gasteiger partial charge is 0.0529 e. The van der Waals surface area contributed by atoms with E-state index < -0.39 is 0 Å². The summed E-state index contributed by atoms with van der Waals surface area (Å²) >= 11 is 1.75. The van der Waals surface area contributed by atoms with Crippen molar-refractivity contribution >= 4 is 27.1 Å². The van der Waals surface area contributed by atoms with Crippen molar-refractivity contribution in [2.75, 3.05) is 18.5 Å². The number of hydrogen-bond acceptors (Lipinski definition) is 3. The molecule has 1 aromatic heterocycles. The minimum absolute atomic E-state index is 0.0803. The minimum atomic E-state index is -0.0803. The number of benzene rings is 1. The first-order chi connectivity index (χ1) is 7.62. The first-order valence-corrected chi connectivity index (χ1v) is 6.31. The highest BCUT2D eigenvalue weighted by Gasteiger charge is 2.16. The summed E-state index contributed by atoms with van der Waals surface area (Å²) in [7, 11) is 0. The number of nitrogens with one attached hydrogen (secondary N) is 1. The Bertz CT molecular complexity index is 475. The average molecular weight is 235 g/mol. The van der Waals surface area contributed by atoms with Gasteiger partial charge in [-0.25, -0.2) is 0 Å². The highest BCUT2D eigenvalue weighted by Crippen LogP contribution is 2.30. The van der Waals surface area contributed by atoms with Gasteiger partial charge in [-0.2, -0.15) is 0 Å². The monoisotopic (exact) mass is 235 g/mol. The number of hydrogen-bond donors (Lipinski definition) is 2. The Balaban J connectivity index is 2.16. The number of fused-ring (bicyclic) bond motifs is 1. The maximum absolute atomic E-state index is 9.20. The van der Waals surface area contributed by atoms with Crippen LogP contribution < -0.4 is 5.32 Å². The maximum Gasteiger partial charge on any atom is 0.0529 e. The van der Waals surface area contributed by atoms with Crippen LogP contribution in [0.25, 0.3) is 10.1 Å². The molecule has 0 aliphatic carbocycles. The van der Waals surface area contributed by atoms with Crippen LogP contribution in [-0.2, 0) is 0 Å². The molecule has 2 rings (SSSR count). The predicted octanol–water partition coefficient (Wildman–Crippen LogP) is 3.33. The van der Waals surface area contributed by atoms with Crippen LogP contribution in [-0.4, -0.2) is 18.3 Å². The predicted molar refractivity (Wildman–Crippen MR) is 71.2 cm³/mol. The molecule has 1 aromatic carbocycles. The molecule has 0 aliphatic heterocycles. The van der Waals surface area contributed by atoms with E-state index in [4.69, 9.17) is 0 Å². The molecule has 16 heavy (non-hydrogen) atoms. The zero-order valence-electron chi connectivity index (χ0n) is 9.66. The first-order valence-electron chi connectivity index (χ1n) is 5.43. The van der Waals surface area contributed by atoms with Crippen LogP contribution >= 0.6 is 11.3 Å². The molecule has 0 saturated carbocycles. The molecule has 0 saturated heterocycles. The summed E-state index contributed by atoms with van der Waals surface area (Å²) in [6, 6.07) is 8.36. The largest absolute Gasteiger partial charge is 0.396 e. The van der Waals surface area contributed by atoms with Crippen molar-refractivity contribution in [1.29, 1.82) is 0 Å². The van der Waals surface area contributed by atoms with Crippen LogP contribution in [0.5, 0.6) is 0 Å². The third-order valence-electron chi connectivity index (χ3n) is 2.67.